The lowest BCUT2D eigenvalue weighted by Crippen LogP contribution is -2.35. The molecule has 0 atom stereocenters. The number of hydrogen-bond acceptors (Lipinski definition) is 1. The van der Waals surface area contributed by atoms with Gasteiger partial charge in [0.25, 0.3) is 0 Å². The zero-order valence-corrected chi connectivity index (χ0v) is 10.2. The van der Waals surface area contributed by atoms with Gasteiger partial charge in [0.05, 0.1) is 4.32 Å². The van der Waals surface area contributed by atoms with Crippen LogP contribution >= 0.6 is 27.5 Å². The molecule has 1 aromatic rings. The van der Waals surface area contributed by atoms with E-state index in [-0.39, 0.29) is 4.32 Å². The quantitative estimate of drug-likeness (QED) is 0.775. The molecule has 1 nitrogen and oxygen atoms in total. The van der Waals surface area contributed by atoms with Gasteiger partial charge < -0.3 is 5.32 Å². The molecule has 1 aromatic carbocycles. The molecule has 1 aliphatic heterocycles. The molecule has 1 heterocycles. The first-order valence-corrected chi connectivity index (χ1v) is 6.03. The van der Waals surface area contributed by atoms with E-state index in [9.17, 15) is 0 Å². The molecular weight excluding hydrogens is 261 g/mol. The minimum atomic E-state index is 0.156. The largest absolute Gasteiger partial charge is 0.317 e. The fourth-order valence-corrected chi connectivity index (χ4v) is 2.65. The molecule has 3 heteroatoms. The van der Waals surface area contributed by atoms with Gasteiger partial charge in [0.15, 0.2) is 0 Å². The number of nitrogens with one attached hydrogen (secondary N) is 1. The molecular formula is C11H13BrClN. The van der Waals surface area contributed by atoms with Crippen LogP contribution in [0.2, 0.25) is 5.02 Å². The Bertz CT molecular complexity index is 304. The maximum absolute atomic E-state index is 5.87. The number of piperidine rings is 1. The summed E-state index contributed by atoms with van der Waals surface area (Å²) >= 11 is 9.71. The van der Waals surface area contributed by atoms with Crippen LogP contribution in [0.5, 0.6) is 0 Å². The summed E-state index contributed by atoms with van der Waals surface area (Å²) in [7, 11) is 0. The van der Waals surface area contributed by atoms with Gasteiger partial charge in [-0.05, 0) is 43.6 Å². The Hall–Kier alpha value is -0.0500. The first kappa shape index (κ1) is 10.5. The lowest BCUT2D eigenvalue weighted by atomic mass is 9.90. The van der Waals surface area contributed by atoms with E-state index >= 15 is 0 Å². The second kappa shape index (κ2) is 4.21. The average molecular weight is 275 g/mol. The molecule has 0 spiro atoms. The Kier molecular flexibility index (Phi) is 3.15. The van der Waals surface area contributed by atoms with E-state index in [1.165, 1.54) is 5.56 Å². The SMILES string of the molecule is Clc1ccc(C2(Br)CCNCC2)cc1. The molecule has 14 heavy (non-hydrogen) atoms. The predicted octanol–water partition coefficient (Wildman–Crippen LogP) is 3.31. The first-order chi connectivity index (χ1) is 6.71. The number of alkyl halides is 1. The normalized spacial score (nSPS) is 20.7. The van der Waals surface area contributed by atoms with E-state index in [0.717, 1.165) is 31.0 Å². The van der Waals surface area contributed by atoms with Crippen LogP contribution < -0.4 is 5.32 Å². The highest BCUT2D eigenvalue weighted by Gasteiger charge is 2.30. The molecule has 0 aromatic heterocycles. The van der Waals surface area contributed by atoms with Gasteiger partial charge in [-0.1, -0.05) is 39.7 Å². The van der Waals surface area contributed by atoms with Crippen molar-refractivity contribution in [2.45, 2.75) is 17.2 Å². The Morgan fingerprint density at radius 2 is 1.71 bits per heavy atom. The van der Waals surface area contributed by atoms with E-state index in [2.05, 4.69) is 33.4 Å². The monoisotopic (exact) mass is 273 g/mol. The van der Waals surface area contributed by atoms with Gasteiger partial charge >= 0.3 is 0 Å². The number of hydrogen-bond donors (Lipinski definition) is 1. The summed E-state index contributed by atoms with van der Waals surface area (Å²) in [5.74, 6) is 0. The van der Waals surface area contributed by atoms with Gasteiger partial charge in [0.2, 0.25) is 0 Å². The highest BCUT2D eigenvalue weighted by Crippen LogP contribution is 2.39. The highest BCUT2D eigenvalue weighted by molar-refractivity contribution is 9.09. The summed E-state index contributed by atoms with van der Waals surface area (Å²) in [4.78, 5) is 0. The summed E-state index contributed by atoms with van der Waals surface area (Å²) < 4.78 is 0.156. The first-order valence-electron chi connectivity index (χ1n) is 4.86. The number of halogens is 2. The maximum atomic E-state index is 5.87. The zero-order chi connectivity index (χ0) is 10.0. The van der Waals surface area contributed by atoms with Crippen molar-refractivity contribution in [2.24, 2.45) is 0 Å². The van der Waals surface area contributed by atoms with Gasteiger partial charge in [0, 0.05) is 5.02 Å². The maximum Gasteiger partial charge on any atom is 0.0530 e. The molecule has 0 saturated carbocycles. The van der Waals surface area contributed by atoms with Gasteiger partial charge in [-0.15, -0.1) is 0 Å². The Morgan fingerprint density at radius 1 is 1.14 bits per heavy atom. The molecule has 76 valence electrons. The lowest BCUT2D eigenvalue weighted by molar-refractivity contribution is 0.432. The molecule has 1 fully saturated rings. The van der Waals surface area contributed by atoms with Crippen molar-refractivity contribution >= 4 is 27.5 Å². The van der Waals surface area contributed by atoms with Crippen molar-refractivity contribution in [3.05, 3.63) is 34.9 Å². The van der Waals surface area contributed by atoms with E-state index in [1.54, 1.807) is 0 Å². The van der Waals surface area contributed by atoms with Crippen molar-refractivity contribution in [3.8, 4) is 0 Å². The van der Waals surface area contributed by atoms with E-state index in [1.807, 2.05) is 12.1 Å². The molecule has 0 unspecified atom stereocenters. The fourth-order valence-electron chi connectivity index (χ4n) is 1.86. The second-order valence-corrected chi connectivity index (χ2v) is 5.68. The molecule has 1 aliphatic rings. The number of rotatable bonds is 1. The van der Waals surface area contributed by atoms with Crippen molar-refractivity contribution in [3.63, 3.8) is 0 Å². The lowest BCUT2D eigenvalue weighted by Gasteiger charge is -2.32. The smallest absolute Gasteiger partial charge is 0.0530 e. The highest BCUT2D eigenvalue weighted by atomic mass is 79.9. The third-order valence-electron chi connectivity index (χ3n) is 2.76. The topological polar surface area (TPSA) is 12.0 Å². The molecule has 0 aliphatic carbocycles. The van der Waals surface area contributed by atoms with Gasteiger partial charge in [-0.2, -0.15) is 0 Å². The summed E-state index contributed by atoms with van der Waals surface area (Å²) in [5.41, 5.74) is 1.34. The third-order valence-corrected chi connectivity index (χ3v) is 4.26. The molecule has 0 radical (unpaired) electrons. The van der Waals surface area contributed by atoms with Crippen LogP contribution in [0.1, 0.15) is 18.4 Å². The van der Waals surface area contributed by atoms with Crippen LogP contribution in [-0.2, 0) is 4.32 Å². The molecule has 2 rings (SSSR count). The standard InChI is InChI=1S/C11H13BrClN/c12-11(5-7-14-8-6-11)9-1-3-10(13)4-2-9/h1-4,14H,5-8H2. The van der Waals surface area contributed by atoms with Gasteiger partial charge in [-0.25, -0.2) is 0 Å². The minimum absolute atomic E-state index is 0.156. The zero-order valence-electron chi connectivity index (χ0n) is 7.89. The van der Waals surface area contributed by atoms with Crippen LogP contribution in [0, 0.1) is 0 Å². The van der Waals surface area contributed by atoms with Crippen molar-refractivity contribution < 1.29 is 0 Å². The predicted molar refractivity (Wildman–Crippen MR) is 64.2 cm³/mol. The summed E-state index contributed by atoms with van der Waals surface area (Å²) in [5, 5.41) is 4.17. The van der Waals surface area contributed by atoms with E-state index in [0.29, 0.717) is 0 Å². The summed E-state index contributed by atoms with van der Waals surface area (Å²) in [6, 6.07) is 8.15. The third kappa shape index (κ3) is 2.13. The van der Waals surface area contributed by atoms with Crippen LogP contribution in [0.3, 0.4) is 0 Å². The van der Waals surface area contributed by atoms with Crippen LogP contribution in [0.25, 0.3) is 0 Å². The van der Waals surface area contributed by atoms with E-state index in [4.69, 9.17) is 11.6 Å². The average Bonchev–Trinajstić information content (AvgIpc) is 2.19. The fraction of sp³-hybridized carbons (Fsp3) is 0.455. The van der Waals surface area contributed by atoms with Crippen LogP contribution in [0.15, 0.2) is 24.3 Å². The van der Waals surface area contributed by atoms with Crippen LogP contribution in [0.4, 0.5) is 0 Å². The van der Waals surface area contributed by atoms with Gasteiger partial charge in [0.1, 0.15) is 0 Å². The van der Waals surface area contributed by atoms with E-state index < -0.39 is 0 Å². The Morgan fingerprint density at radius 3 is 2.29 bits per heavy atom. The Labute approximate surface area is 98.0 Å². The molecule has 1 N–H and O–H groups in total. The number of benzene rings is 1. The van der Waals surface area contributed by atoms with Gasteiger partial charge in [-0.3, -0.25) is 0 Å². The minimum Gasteiger partial charge on any atom is -0.317 e. The van der Waals surface area contributed by atoms with Crippen molar-refractivity contribution in [2.75, 3.05) is 13.1 Å². The van der Waals surface area contributed by atoms with Crippen LogP contribution in [-0.4, -0.2) is 13.1 Å². The second-order valence-electron chi connectivity index (χ2n) is 3.72. The molecule has 0 amide bonds. The molecule has 1 saturated heterocycles. The Balaban J connectivity index is 2.23. The summed E-state index contributed by atoms with van der Waals surface area (Å²) in [6.45, 7) is 2.15. The van der Waals surface area contributed by atoms with Crippen molar-refractivity contribution in [1.29, 1.82) is 0 Å². The molecule has 0 bridgehead atoms. The van der Waals surface area contributed by atoms with Crippen molar-refractivity contribution in [1.82, 2.24) is 5.32 Å². The summed E-state index contributed by atoms with van der Waals surface area (Å²) in [6.07, 6.45) is 2.27.